The molecule has 1 aliphatic heterocycles. The highest BCUT2D eigenvalue weighted by atomic mass is 19.4. The van der Waals surface area contributed by atoms with Crippen LogP contribution in [0.5, 0.6) is 0 Å². The lowest BCUT2D eigenvalue weighted by molar-refractivity contribution is -0.137. The number of hydrogen-bond acceptors (Lipinski definition) is 3. The van der Waals surface area contributed by atoms with Crippen LogP contribution in [0.4, 0.5) is 35.9 Å². The molecule has 37 heavy (non-hydrogen) atoms. The van der Waals surface area contributed by atoms with Gasteiger partial charge in [-0.2, -0.15) is 13.2 Å². The van der Waals surface area contributed by atoms with Gasteiger partial charge in [-0.1, -0.05) is 18.2 Å². The van der Waals surface area contributed by atoms with E-state index in [4.69, 9.17) is 0 Å². The molecule has 5 rings (SSSR count). The average molecular weight is 502 g/mol. The summed E-state index contributed by atoms with van der Waals surface area (Å²) >= 11 is 0. The number of rotatable bonds is 5. The van der Waals surface area contributed by atoms with Crippen LogP contribution in [0, 0.1) is 6.92 Å². The molecule has 6 nitrogen and oxygen atoms in total. The number of aromatic nitrogens is 1. The molecule has 4 N–H and O–H groups in total. The van der Waals surface area contributed by atoms with Gasteiger partial charge in [0.25, 0.3) is 11.8 Å². The summed E-state index contributed by atoms with van der Waals surface area (Å²) in [6, 6.07) is 18.7. The van der Waals surface area contributed by atoms with Gasteiger partial charge in [0.2, 0.25) is 0 Å². The second-order valence-corrected chi connectivity index (χ2v) is 8.59. The maximum Gasteiger partial charge on any atom is 0.416 e. The molecule has 0 unspecified atom stereocenters. The summed E-state index contributed by atoms with van der Waals surface area (Å²) in [5.74, 6) is -0.847. The molecule has 0 aliphatic carbocycles. The van der Waals surface area contributed by atoms with Gasteiger partial charge >= 0.3 is 6.18 Å². The third kappa shape index (κ3) is 5.11. The summed E-state index contributed by atoms with van der Waals surface area (Å²) in [4.78, 5) is 28.2. The van der Waals surface area contributed by atoms with E-state index in [0.29, 0.717) is 28.3 Å². The molecule has 1 aromatic heterocycles. The molecule has 9 heteroatoms. The molecule has 2 amide bonds. The number of alkyl halides is 3. The SMILES string of the molecule is Cc1ccc(NC(=O)c2cccc(C(F)(F)F)c2)cc1Nc1ccc2c(c1)NC(=O)/C2=C\c1ccc[nH]1. The first-order valence-corrected chi connectivity index (χ1v) is 11.3. The monoisotopic (exact) mass is 502 g/mol. The quantitative estimate of drug-likeness (QED) is 0.226. The summed E-state index contributed by atoms with van der Waals surface area (Å²) in [5.41, 5.74) is 4.54. The fourth-order valence-electron chi connectivity index (χ4n) is 4.04. The molecule has 0 saturated heterocycles. The minimum absolute atomic E-state index is 0.0949. The van der Waals surface area contributed by atoms with Crippen molar-refractivity contribution in [3.05, 3.63) is 107 Å². The van der Waals surface area contributed by atoms with Crippen LogP contribution in [-0.2, 0) is 11.0 Å². The van der Waals surface area contributed by atoms with Gasteiger partial charge in [0.15, 0.2) is 0 Å². The zero-order chi connectivity index (χ0) is 26.2. The third-order valence-corrected chi connectivity index (χ3v) is 5.95. The number of anilines is 4. The highest BCUT2D eigenvalue weighted by molar-refractivity contribution is 6.35. The van der Waals surface area contributed by atoms with Gasteiger partial charge in [-0.15, -0.1) is 0 Å². The Bertz CT molecular complexity index is 1540. The number of aryl methyl sites for hydroxylation is 1. The first-order valence-electron chi connectivity index (χ1n) is 11.3. The summed E-state index contributed by atoms with van der Waals surface area (Å²) in [6.07, 6.45) is -0.967. The number of benzene rings is 3. The molecule has 0 atom stereocenters. The Hall–Kier alpha value is -4.79. The van der Waals surface area contributed by atoms with Crippen LogP contribution in [0.1, 0.15) is 32.7 Å². The molecule has 2 heterocycles. The number of nitrogens with one attached hydrogen (secondary N) is 4. The molecule has 186 valence electrons. The smallest absolute Gasteiger partial charge is 0.362 e. The Morgan fingerprint density at radius 2 is 1.76 bits per heavy atom. The van der Waals surface area contributed by atoms with E-state index in [-0.39, 0.29) is 11.5 Å². The second-order valence-electron chi connectivity index (χ2n) is 8.59. The average Bonchev–Trinajstić information content (AvgIpc) is 3.48. The zero-order valence-electron chi connectivity index (χ0n) is 19.5. The molecular weight excluding hydrogens is 481 g/mol. The Labute approximate surface area is 210 Å². The zero-order valence-corrected chi connectivity index (χ0v) is 19.5. The highest BCUT2D eigenvalue weighted by Crippen LogP contribution is 2.36. The highest BCUT2D eigenvalue weighted by Gasteiger charge is 2.31. The summed E-state index contributed by atoms with van der Waals surface area (Å²) in [7, 11) is 0. The molecular formula is C28H21F3N4O2. The third-order valence-electron chi connectivity index (χ3n) is 5.95. The van der Waals surface area contributed by atoms with Crippen LogP contribution in [0.3, 0.4) is 0 Å². The Kier molecular flexibility index (Phi) is 6.04. The Morgan fingerprint density at radius 1 is 0.946 bits per heavy atom. The van der Waals surface area contributed by atoms with Gasteiger partial charge < -0.3 is 20.9 Å². The van der Waals surface area contributed by atoms with Crippen molar-refractivity contribution in [2.24, 2.45) is 0 Å². The lowest BCUT2D eigenvalue weighted by Crippen LogP contribution is -2.14. The van der Waals surface area contributed by atoms with Crippen molar-refractivity contribution in [1.82, 2.24) is 4.98 Å². The normalized spacial score (nSPS) is 13.8. The minimum Gasteiger partial charge on any atom is -0.362 e. The van der Waals surface area contributed by atoms with Crippen molar-refractivity contribution in [3.8, 4) is 0 Å². The fourth-order valence-corrected chi connectivity index (χ4v) is 4.04. The van der Waals surface area contributed by atoms with Gasteiger partial charge in [0.1, 0.15) is 0 Å². The molecule has 0 bridgehead atoms. The van der Waals surface area contributed by atoms with E-state index in [1.54, 1.807) is 30.5 Å². The van der Waals surface area contributed by atoms with Crippen molar-refractivity contribution in [2.75, 3.05) is 16.0 Å². The molecule has 0 radical (unpaired) electrons. The maximum atomic E-state index is 13.0. The van der Waals surface area contributed by atoms with E-state index >= 15 is 0 Å². The number of fused-ring (bicyclic) bond motifs is 1. The van der Waals surface area contributed by atoms with Crippen LogP contribution in [0.15, 0.2) is 79.0 Å². The van der Waals surface area contributed by atoms with Crippen LogP contribution in [-0.4, -0.2) is 16.8 Å². The van der Waals surface area contributed by atoms with E-state index in [1.165, 1.54) is 12.1 Å². The van der Waals surface area contributed by atoms with Crippen LogP contribution in [0.25, 0.3) is 11.6 Å². The minimum atomic E-state index is -4.54. The first-order chi connectivity index (χ1) is 17.7. The number of H-pyrrole nitrogens is 1. The predicted molar refractivity (Wildman–Crippen MR) is 138 cm³/mol. The predicted octanol–water partition coefficient (Wildman–Crippen LogP) is 6.83. The Balaban J connectivity index is 1.35. The van der Waals surface area contributed by atoms with Crippen LogP contribution >= 0.6 is 0 Å². The second kappa shape index (κ2) is 9.34. The Morgan fingerprint density at radius 3 is 2.51 bits per heavy atom. The van der Waals surface area contributed by atoms with E-state index in [2.05, 4.69) is 20.9 Å². The van der Waals surface area contributed by atoms with Crippen molar-refractivity contribution in [3.63, 3.8) is 0 Å². The molecule has 0 saturated carbocycles. The molecule has 3 aromatic carbocycles. The number of carbonyl (C=O) groups excluding carboxylic acids is 2. The van der Waals surface area contributed by atoms with E-state index in [1.807, 2.05) is 37.3 Å². The molecule has 0 fully saturated rings. The summed E-state index contributed by atoms with van der Waals surface area (Å²) in [5, 5.41) is 8.81. The number of hydrogen-bond donors (Lipinski definition) is 4. The summed E-state index contributed by atoms with van der Waals surface area (Å²) < 4.78 is 39.0. The van der Waals surface area contributed by atoms with E-state index in [0.717, 1.165) is 29.0 Å². The maximum absolute atomic E-state index is 13.0. The lowest BCUT2D eigenvalue weighted by Gasteiger charge is -2.14. The van der Waals surface area contributed by atoms with Gasteiger partial charge in [-0.25, -0.2) is 0 Å². The molecule has 1 aliphatic rings. The number of halogens is 3. The van der Waals surface area contributed by atoms with Crippen molar-refractivity contribution in [1.29, 1.82) is 0 Å². The molecule has 4 aromatic rings. The van der Waals surface area contributed by atoms with Gasteiger partial charge in [-0.05, 0) is 73.2 Å². The number of amides is 2. The number of carbonyl (C=O) groups is 2. The first kappa shape index (κ1) is 23.9. The van der Waals surface area contributed by atoms with Gasteiger partial charge in [0.05, 0.1) is 16.8 Å². The topological polar surface area (TPSA) is 86.0 Å². The van der Waals surface area contributed by atoms with Crippen LogP contribution < -0.4 is 16.0 Å². The van der Waals surface area contributed by atoms with E-state index < -0.39 is 17.6 Å². The van der Waals surface area contributed by atoms with Crippen molar-refractivity contribution >= 4 is 46.2 Å². The van der Waals surface area contributed by atoms with Crippen LogP contribution in [0.2, 0.25) is 0 Å². The summed E-state index contributed by atoms with van der Waals surface area (Å²) in [6.45, 7) is 1.88. The fraction of sp³-hybridized carbons (Fsp3) is 0.0714. The van der Waals surface area contributed by atoms with Crippen molar-refractivity contribution < 1.29 is 22.8 Å². The van der Waals surface area contributed by atoms with E-state index in [9.17, 15) is 22.8 Å². The number of aromatic amines is 1. The van der Waals surface area contributed by atoms with Gasteiger partial charge in [-0.3, -0.25) is 9.59 Å². The van der Waals surface area contributed by atoms with Crippen molar-refractivity contribution in [2.45, 2.75) is 13.1 Å². The molecule has 0 spiro atoms. The van der Waals surface area contributed by atoms with Gasteiger partial charge in [0, 0.05) is 40.1 Å². The lowest BCUT2D eigenvalue weighted by atomic mass is 10.1. The largest absolute Gasteiger partial charge is 0.416 e. The standard InChI is InChI=1S/C28H21F3N4O2/c1-16-7-8-21(34-26(36)17-4-2-5-18(12-17)28(29,30)31)14-24(16)33-20-9-10-22-23(13-19-6-3-11-32-19)27(37)35-25(22)15-20/h2-15,32-33H,1H3,(H,34,36)(H,35,37)/b23-13-.